The number of benzene rings is 10. The zero-order valence-corrected chi connectivity index (χ0v) is 29.1. The maximum Gasteiger partial charge on any atom is 0.178 e. The lowest BCUT2D eigenvalue weighted by molar-refractivity contribution is 0.633. The van der Waals surface area contributed by atoms with E-state index in [0.717, 1.165) is 49.4 Å². The molecule has 0 saturated heterocycles. The van der Waals surface area contributed by atoms with E-state index in [-0.39, 0.29) is 0 Å². The van der Waals surface area contributed by atoms with Gasteiger partial charge < -0.3 is 8.83 Å². The molecule has 250 valence electrons. The molecule has 12 rings (SSSR count). The molecule has 10 aromatic carbocycles. The molecule has 54 heavy (non-hydrogen) atoms. The number of hydrogen-bond donors (Lipinski definition) is 0. The van der Waals surface area contributed by atoms with Gasteiger partial charge in [-0.1, -0.05) is 146 Å². The Morgan fingerprint density at radius 1 is 0.259 bits per heavy atom. The van der Waals surface area contributed by atoms with Gasteiger partial charge >= 0.3 is 0 Å². The van der Waals surface area contributed by atoms with Crippen molar-refractivity contribution >= 4 is 87.0 Å². The first kappa shape index (κ1) is 29.4. The molecule has 0 aliphatic heterocycles. The standard InChI is InChI=1S/C52H30O2/c1-2-12-32-29-33(22-21-31(32)11-1)35-24-25-43(37-14-4-3-13-36(35)37)50-41-18-7-5-16-39(41)49(40-17-6-8-19-42(40)50)34-23-28-48-46(30-34)45-27-26-44-38-15-9-10-20-47(38)53-51(44)52(45)54-48/h1-30H. The summed E-state index contributed by atoms with van der Waals surface area (Å²) in [6.07, 6.45) is 0. The fourth-order valence-corrected chi connectivity index (χ4v) is 9.03. The fourth-order valence-electron chi connectivity index (χ4n) is 9.03. The zero-order chi connectivity index (χ0) is 35.3. The van der Waals surface area contributed by atoms with E-state index in [1.54, 1.807) is 0 Å². The monoisotopic (exact) mass is 686 g/mol. The Morgan fingerprint density at radius 3 is 1.46 bits per heavy atom. The largest absolute Gasteiger partial charge is 0.452 e. The summed E-state index contributed by atoms with van der Waals surface area (Å²) < 4.78 is 12.9. The maximum absolute atomic E-state index is 6.55. The Kier molecular flexibility index (Phi) is 6.09. The smallest absolute Gasteiger partial charge is 0.178 e. The zero-order valence-electron chi connectivity index (χ0n) is 29.1. The molecule has 0 aliphatic rings. The van der Waals surface area contributed by atoms with Crippen LogP contribution in [0.4, 0.5) is 0 Å². The van der Waals surface area contributed by atoms with E-state index in [1.807, 2.05) is 12.1 Å². The quantitative estimate of drug-likeness (QED) is 0.173. The first-order chi connectivity index (χ1) is 26.8. The van der Waals surface area contributed by atoms with Gasteiger partial charge in [-0.3, -0.25) is 0 Å². The molecule has 0 unspecified atom stereocenters. The highest BCUT2D eigenvalue weighted by Gasteiger charge is 2.21. The van der Waals surface area contributed by atoms with E-state index in [9.17, 15) is 0 Å². The summed E-state index contributed by atoms with van der Waals surface area (Å²) in [5.74, 6) is 0. The van der Waals surface area contributed by atoms with Gasteiger partial charge in [0.05, 0.1) is 0 Å². The number of para-hydroxylation sites is 1. The van der Waals surface area contributed by atoms with E-state index >= 15 is 0 Å². The van der Waals surface area contributed by atoms with Crippen LogP contribution < -0.4 is 0 Å². The lowest BCUT2D eigenvalue weighted by Gasteiger charge is -2.20. The molecule has 2 heterocycles. The van der Waals surface area contributed by atoms with Crippen molar-refractivity contribution in [3.05, 3.63) is 182 Å². The number of fused-ring (bicyclic) bond motifs is 11. The van der Waals surface area contributed by atoms with E-state index < -0.39 is 0 Å². The first-order valence-corrected chi connectivity index (χ1v) is 18.5. The highest BCUT2D eigenvalue weighted by molar-refractivity contribution is 6.25. The van der Waals surface area contributed by atoms with Gasteiger partial charge in [-0.05, 0) is 113 Å². The molecule has 0 spiro atoms. The molecule has 2 nitrogen and oxygen atoms in total. The molecule has 0 atom stereocenters. The summed E-state index contributed by atoms with van der Waals surface area (Å²) in [7, 11) is 0. The van der Waals surface area contributed by atoms with Crippen LogP contribution in [-0.2, 0) is 0 Å². The van der Waals surface area contributed by atoms with Crippen LogP contribution >= 0.6 is 0 Å². The number of furan rings is 2. The normalized spacial score (nSPS) is 12.1. The SMILES string of the molecule is c1ccc2cc(-c3ccc(-c4c5ccccc5c(-c5ccc6oc7c(ccc8c9ccccc9oc87)c6c5)c5ccccc45)c4ccccc34)ccc2c1. The van der Waals surface area contributed by atoms with Crippen LogP contribution in [0.15, 0.2) is 191 Å². The summed E-state index contributed by atoms with van der Waals surface area (Å²) in [5.41, 5.74) is 10.7. The maximum atomic E-state index is 6.55. The van der Waals surface area contributed by atoms with Gasteiger partial charge in [0.1, 0.15) is 11.2 Å². The van der Waals surface area contributed by atoms with Crippen LogP contribution in [0, 0.1) is 0 Å². The van der Waals surface area contributed by atoms with Gasteiger partial charge in [0.25, 0.3) is 0 Å². The molecule has 0 bridgehead atoms. The molecular formula is C52H30O2. The van der Waals surface area contributed by atoms with Crippen molar-refractivity contribution in [2.24, 2.45) is 0 Å². The second-order valence-corrected chi connectivity index (χ2v) is 14.3. The molecule has 0 fully saturated rings. The van der Waals surface area contributed by atoms with Crippen LogP contribution in [0.2, 0.25) is 0 Å². The topological polar surface area (TPSA) is 26.3 Å². The Morgan fingerprint density at radius 2 is 0.759 bits per heavy atom. The fraction of sp³-hybridized carbons (Fsp3) is 0. The third-order valence-electron chi connectivity index (χ3n) is 11.5. The summed E-state index contributed by atoms with van der Waals surface area (Å²) in [5, 5.41) is 14.2. The Bertz CT molecular complexity index is 3450. The van der Waals surface area contributed by atoms with Crippen LogP contribution in [-0.4, -0.2) is 0 Å². The second-order valence-electron chi connectivity index (χ2n) is 14.3. The molecule has 0 amide bonds. The Hall–Kier alpha value is -7.16. The average Bonchev–Trinajstić information content (AvgIpc) is 3.81. The van der Waals surface area contributed by atoms with E-state index in [1.165, 1.54) is 70.9 Å². The van der Waals surface area contributed by atoms with Crippen molar-refractivity contribution in [1.29, 1.82) is 0 Å². The van der Waals surface area contributed by atoms with Gasteiger partial charge in [0.2, 0.25) is 0 Å². The minimum Gasteiger partial charge on any atom is -0.452 e. The van der Waals surface area contributed by atoms with Gasteiger partial charge in [0, 0.05) is 21.5 Å². The third-order valence-corrected chi connectivity index (χ3v) is 11.5. The van der Waals surface area contributed by atoms with Crippen LogP contribution in [0.1, 0.15) is 0 Å². The second kappa shape index (κ2) is 11.2. The Labute approximate surface area is 310 Å². The van der Waals surface area contributed by atoms with Gasteiger partial charge in [-0.2, -0.15) is 0 Å². The van der Waals surface area contributed by atoms with Gasteiger partial charge in [-0.25, -0.2) is 0 Å². The van der Waals surface area contributed by atoms with Crippen molar-refractivity contribution < 1.29 is 8.83 Å². The van der Waals surface area contributed by atoms with E-state index in [0.29, 0.717) is 0 Å². The van der Waals surface area contributed by atoms with Crippen molar-refractivity contribution in [2.45, 2.75) is 0 Å². The first-order valence-electron chi connectivity index (χ1n) is 18.5. The molecule has 0 N–H and O–H groups in total. The highest BCUT2D eigenvalue weighted by Crippen LogP contribution is 2.48. The van der Waals surface area contributed by atoms with Crippen molar-refractivity contribution in [3.63, 3.8) is 0 Å². The van der Waals surface area contributed by atoms with Crippen molar-refractivity contribution in [2.75, 3.05) is 0 Å². The molecule has 0 saturated carbocycles. The lowest BCUT2D eigenvalue weighted by Crippen LogP contribution is -1.92. The lowest BCUT2D eigenvalue weighted by atomic mass is 9.83. The average molecular weight is 687 g/mol. The molecule has 2 heteroatoms. The molecule has 12 aromatic rings. The van der Waals surface area contributed by atoms with Crippen LogP contribution in [0.3, 0.4) is 0 Å². The highest BCUT2D eigenvalue weighted by atomic mass is 16.4. The Balaban J connectivity index is 1.10. The van der Waals surface area contributed by atoms with Crippen molar-refractivity contribution in [3.8, 4) is 33.4 Å². The predicted octanol–water partition coefficient (Wildman–Crippen LogP) is 15.1. The number of hydrogen-bond acceptors (Lipinski definition) is 2. The van der Waals surface area contributed by atoms with Gasteiger partial charge in [0.15, 0.2) is 11.2 Å². The number of rotatable bonds is 3. The third kappa shape index (κ3) is 4.17. The molecular weight excluding hydrogens is 657 g/mol. The predicted molar refractivity (Wildman–Crippen MR) is 227 cm³/mol. The summed E-state index contributed by atoms with van der Waals surface area (Å²) in [4.78, 5) is 0. The van der Waals surface area contributed by atoms with E-state index in [4.69, 9.17) is 8.83 Å². The summed E-state index contributed by atoms with van der Waals surface area (Å²) in [6.45, 7) is 0. The summed E-state index contributed by atoms with van der Waals surface area (Å²) >= 11 is 0. The molecule has 0 radical (unpaired) electrons. The van der Waals surface area contributed by atoms with Gasteiger partial charge in [-0.15, -0.1) is 0 Å². The molecule has 0 aliphatic carbocycles. The summed E-state index contributed by atoms with van der Waals surface area (Å²) in [6, 6.07) is 65.9. The van der Waals surface area contributed by atoms with Crippen LogP contribution in [0.25, 0.3) is 120 Å². The minimum atomic E-state index is 0.792. The van der Waals surface area contributed by atoms with Crippen LogP contribution in [0.5, 0.6) is 0 Å². The molecule has 2 aromatic heterocycles. The minimum absolute atomic E-state index is 0.792. The van der Waals surface area contributed by atoms with E-state index in [2.05, 4.69) is 170 Å². The van der Waals surface area contributed by atoms with Crippen molar-refractivity contribution in [1.82, 2.24) is 0 Å².